The molecule has 0 amide bonds. The standard InChI is InChI=1S/C21H25N7O/c1-2-29-18-11-7-6-10-17(18)24-20-25-19(23-16-8-4-3-5-9-16)26-21(27-20)28-14-12-22-13-15-28/h3-11,22H,2,12-15H2,1H3,(H2,23,24,25,26,27). The van der Waals surface area contributed by atoms with Gasteiger partial charge in [0.2, 0.25) is 17.8 Å². The summed E-state index contributed by atoms with van der Waals surface area (Å²) in [4.78, 5) is 16.0. The molecule has 1 aliphatic rings. The molecule has 0 atom stereocenters. The Labute approximate surface area is 170 Å². The number of piperazine rings is 1. The number of hydrogen-bond donors (Lipinski definition) is 3. The molecule has 29 heavy (non-hydrogen) atoms. The molecule has 8 heteroatoms. The van der Waals surface area contributed by atoms with Crippen molar-refractivity contribution in [3.63, 3.8) is 0 Å². The van der Waals surface area contributed by atoms with Crippen LogP contribution in [0.2, 0.25) is 0 Å². The maximum Gasteiger partial charge on any atom is 0.233 e. The van der Waals surface area contributed by atoms with Gasteiger partial charge in [-0.15, -0.1) is 0 Å². The first-order valence-corrected chi connectivity index (χ1v) is 9.84. The zero-order chi connectivity index (χ0) is 19.9. The Balaban J connectivity index is 1.65. The molecule has 1 aromatic heterocycles. The molecule has 150 valence electrons. The van der Waals surface area contributed by atoms with E-state index in [2.05, 4.69) is 35.8 Å². The lowest BCUT2D eigenvalue weighted by Gasteiger charge is -2.27. The van der Waals surface area contributed by atoms with E-state index in [9.17, 15) is 0 Å². The van der Waals surface area contributed by atoms with Crippen molar-refractivity contribution >= 4 is 29.2 Å². The van der Waals surface area contributed by atoms with Crippen LogP contribution in [0.1, 0.15) is 6.92 Å². The van der Waals surface area contributed by atoms with Crippen molar-refractivity contribution in [1.29, 1.82) is 0 Å². The summed E-state index contributed by atoms with van der Waals surface area (Å²) < 4.78 is 5.71. The number of para-hydroxylation sites is 3. The summed E-state index contributed by atoms with van der Waals surface area (Å²) in [5, 5.41) is 9.92. The van der Waals surface area contributed by atoms with Crippen LogP contribution in [0.4, 0.5) is 29.2 Å². The summed E-state index contributed by atoms with van der Waals surface area (Å²) in [7, 11) is 0. The van der Waals surface area contributed by atoms with Gasteiger partial charge < -0.3 is 25.6 Å². The summed E-state index contributed by atoms with van der Waals surface area (Å²) in [6, 6.07) is 17.6. The fourth-order valence-corrected chi connectivity index (χ4v) is 3.11. The van der Waals surface area contributed by atoms with Crippen molar-refractivity contribution < 1.29 is 4.74 Å². The lowest BCUT2D eigenvalue weighted by molar-refractivity contribution is 0.342. The monoisotopic (exact) mass is 391 g/mol. The van der Waals surface area contributed by atoms with E-state index in [1.165, 1.54) is 0 Å². The topological polar surface area (TPSA) is 87.2 Å². The van der Waals surface area contributed by atoms with E-state index >= 15 is 0 Å². The number of aromatic nitrogens is 3. The average Bonchev–Trinajstić information content (AvgIpc) is 2.76. The van der Waals surface area contributed by atoms with Crippen molar-refractivity contribution in [2.24, 2.45) is 0 Å². The molecule has 0 radical (unpaired) electrons. The second-order valence-electron chi connectivity index (χ2n) is 6.56. The summed E-state index contributed by atoms with van der Waals surface area (Å²) in [6.45, 7) is 6.06. The molecule has 0 bridgehead atoms. The summed E-state index contributed by atoms with van der Waals surface area (Å²) in [6.07, 6.45) is 0. The first-order chi connectivity index (χ1) is 14.3. The highest BCUT2D eigenvalue weighted by Crippen LogP contribution is 2.27. The van der Waals surface area contributed by atoms with Crippen LogP contribution in [-0.2, 0) is 0 Å². The van der Waals surface area contributed by atoms with Gasteiger partial charge in [0.15, 0.2) is 0 Å². The zero-order valence-electron chi connectivity index (χ0n) is 16.4. The van der Waals surface area contributed by atoms with Crippen LogP contribution in [0.5, 0.6) is 5.75 Å². The SMILES string of the molecule is CCOc1ccccc1Nc1nc(Nc2ccccc2)nc(N2CCNCC2)n1. The second-order valence-corrected chi connectivity index (χ2v) is 6.56. The third-order valence-electron chi connectivity index (χ3n) is 4.49. The quantitative estimate of drug-likeness (QED) is 0.566. The first-order valence-electron chi connectivity index (χ1n) is 9.84. The molecule has 0 spiro atoms. The van der Waals surface area contributed by atoms with Crippen LogP contribution in [0.3, 0.4) is 0 Å². The number of ether oxygens (including phenoxy) is 1. The van der Waals surface area contributed by atoms with Gasteiger partial charge in [-0.2, -0.15) is 15.0 Å². The van der Waals surface area contributed by atoms with Crippen LogP contribution in [0, 0.1) is 0 Å². The van der Waals surface area contributed by atoms with Gasteiger partial charge in [-0.25, -0.2) is 0 Å². The minimum absolute atomic E-state index is 0.471. The van der Waals surface area contributed by atoms with E-state index in [-0.39, 0.29) is 0 Å². The van der Waals surface area contributed by atoms with E-state index in [1.54, 1.807) is 0 Å². The molecule has 2 heterocycles. The zero-order valence-corrected chi connectivity index (χ0v) is 16.4. The largest absolute Gasteiger partial charge is 0.492 e. The first kappa shape index (κ1) is 18.9. The predicted octanol–water partition coefficient (Wildman–Crippen LogP) is 3.17. The number of hydrogen-bond acceptors (Lipinski definition) is 8. The maximum atomic E-state index is 5.71. The van der Waals surface area contributed by atoms with Crippen LogP contribution in [0.25, 0.3) is 0 Å². The van der Waals surface area contributed by atoms with Crippen molar-refractivity contribution in [3.05, 3.63) is 54.6 Å². The molecule has 0 aliphatic carbocycles. The van der Waals surface area contributed by atoms with Crippen LogP contribution >= 0.6 is 0 Å². The van der Waals surface area contributed by atoms with Gasteiger partial charge >= 0.3 is 0 Å². The molecule has 0 saturated carbocycles. The van der Waals surface area contributed by atoms with E-state index in [0.29, 0.717) is 24.5 Å². The fourth-order valence-electron chi connectivity index (χ4n) is 3.11. The highest BCUT2D eigenvalue weighted by molar-refractivity contribution is 5.64. The van der Waals surface area contributed by atoms with E-state index in [1.807, 2.05) is 61.5 Å². The number of rotatable bonds is 7. The number of nitrogens with one attached hydrogen (secondary N) is 3. The molecule has 1 aliphatic heterocycles. The van der Waals surface area contributed by atoms with Crippen LogP contribution in [-0.4, -0.2) is 47.7 Å². The molecule has 4 rings (SSSR count). The van der Waals surface area contributed by atoms with Crippen LogP contribution in [0.15, 0.2) is 54.6 Å². The number of anilines is 5. The Kier molecular flexibility index (Phi) is 6.01. The summed E-state index contributed by atoms with van der Waals surface area (Å²) in [5.41, 5.74) is 1.74. The van der Waals surface area contributed by atoms with Crippen LogP contribution < -0.4 is 25.6 Å². The molecule has 0 unspecified atom stereocenters. The van der Waals surface area contributed by atoms with Gasteiger partial charge in [0.1, 0.15) is 5.75 Å². The molecule has 3 N–H and O–H groups in total. The molecule has 2 aromatic carbocycles. The average molecular weight is 391 g/mol. The molecule has 1 fully saturated rings. The molecular formula is C21H25N7O. The van der Waals surface area contributed by atoms with Gasteiger partial charge in [-0.3, -0.25) is 0 Å². The Hall–Kier alpha value is -3.39. The van der Waals surface area contributed by atoms with Gasteiger partial charge in [0, 0.05) is 31.9 Å². The Morgan fingerprint density at radius 3 is 2.34 bits per heavy atom. The van der Waals surface area contributed by atoms with E-state index in [0.717, 1.165) is 43.3 Å². The molecular weight excluding hydrogens is 366 g/mol. The summed E-state index contributed by atoms with van der Waals surface area (Å²) in [5.74, 6) is 2.38. The fraction of sp³-hybridized carbons (Fsp3) is 0.286. The highest BCUT2D eigenvalue weighted by atomic mass is 16.5. The van der Waals surface area contributed by atoms with Crippen molar-refractivity contribution in [2.45, 2.75) is 6.92 Å². The minimum Gasteiger partial charge on any atom is -0.492 e. The Morgan fingerprint density at radius 2 is 1.59 bits per heavy atom. The van der Waals surface area contributed by atoms with E-state index < -0.39 is 0 Å². The highest BCUT2D eigenvalue weighted by Gasteiger charge is 2.17. The lowest BCUT2D eigenvalue weighted by Crippen LogP contribution is -2.44. The van der Waals surface area contributed by atoms with Crippen molar-refractivity contribution in [3.8, 4) is 5.75 Å². The van der Waals surface area contributed by atoms with Gasteiger partial charge in [-0.05, 0) is 31.2 Å². The minimum atomic E-state index is 0.471. The molecule has 8 nitrogen and oxygen atoms in total. The maximum absolute atomic E-state index is 5.71. The molecule has 3 aromatic rings. The second kappa shape index (κ2) is 9.20. The number of nitrogens with zero attached hydrogens (tertiary/aromatic N) is 4. The normalized spacial score (nSPS) is 13.8. The van der Waals surface area contributed by atoms with Crippen molar-refractivity contribution in [2.75, 3.05) is 48.3 Å². The van der Waals surface area contributed by atoms with Gasteiger partial charge in [-0.1, -0.05) is 30.3 Å². The molecule has 1 saturated heterocycles. The lowest BCUT2D eigenvalue weighted by atomic mass is 10.3. The van der Waals surface area contributed by atoms with Gasteiger partial charge in [0.05, 0.1) is 12.3 Å². The number of benzene rings is 2. The van der Waals surface area contributed by atoms with Crippen molar-refractivity contribution in [1.82, 2.24) is 20.3 Å². The van der Waals surface area contributed by atoms with Gasteiger partial charge in [0.25, 0.3) is 0 Å². The summed E-state index contributed by atoms with van der Waals surface area (Å²) >= 11 is 0. The predicted molar refractivity (Wildman–Crippen MR) is 116 cm³/mol. The van der Waals surface area contributed by atoms with E-state index in [4.69, 9.17) is 4.74 Å². The Morgan fingerprint density at radius 1 is 0.897 bits per heavy atom. The smallest absolute Gasteiger partial charge is 0.233 e. The third kappa shape index (κ3) is 4.91. The third-order valence-corrected chi connectivity index (χ3v) is 4.49. The Bertz CT molecular complexity index is 929.